The van der Waals surface area contributed by atoms with E-state index in [1.807, 2.05) is 18.5 Å². The van der Waals surface area contributed by atoms with Gasteiger partial charge in [0.05, 0.1) is 39.9 Å². The van der Waals surface area contributed by atoms with Crippen molar-refractivity contribution < 1.29 is 29.4 Å². The summed E-state index contributed by atoms with van der Waals surface area (Å²) in [6, 6.07) is 29.6. The Hall–Kier alpha value is -5.67. The van der Waals surface area contributed by atoms with Gasteiger partial charge < -0.3 is 25.1 Å². The third-order valence-electron chi connectivity index (χ3n) is 7.79. The van der Waals surface area contributed by atoms with Crippen LogP contribution in [0.25, 0.3) is 77.2 Å². The molecule has 0 amide bonds. The number of thiocarbonyl (C=S) groups is 2. The van der Waals surface area contributed by atoms with Crippen LogP contribution in [0.1, 0.15) is 10.4 Å². The van der Waals surface area contributed by atoms with Crippen molar-refractivity contribution in [2.75, 3.05) is 0 Å². The molecule has 0 radical (unpaired) electrons. The molecule has 0 spiro atoms. The minimum Gasteiger partial charge on any atom is -0.753 e. The first-order valence-corrected chi connectivity index (χ1v) is 15.4. The Labute approximate surface area is 310 Å². The molecule has 0 aliphatic heterocycles. The molecule has 13 heteroatoms. The van der Waals surface area contributed by atoms with Gasteiger partial charge in [0, 0.05) is 65.3 Å². The summed E-state index contributed by atoms with van der Waals surface area (Å²) in [5.74, 6) is -0.963. The van der Waals surface area contributed by atoms with E-state index in [0.717, 1.165) is 22.4 Å². The number of para-hydroxylation sites is 2. The number of aromatic carboxylic acids is 1. The molecule has 2 aromatic carbocycles. The standard InChI is InChI=1S/C24H18N4.C11H8N2O2.2CNS.Ru/c1-27-20-9-5-4-8-16(20)18-13-19(26-14-22(18)27)23-24-17(11-12-25-23)15-7-3-6-10-21(15)28(24)2;14-11(15)8-4-6-13-10(7-8)9-3-1-2-5-12-9;2*2-1-3;/h3-14H,1-2H3;1-7H,(H,14,15);;;/q;;2*-1;+2. The Bertz CT molecular complexity index is 2510. The summed E-state index contributed by atoms with van der Waals surface area (Å²) in [7, 11) is 4.20. The van der Waals surface area contributed by atoms with E-state index in [1.165, 1.54) is 61.2 Å². The number of hydrogen-bond acceptors (Lipinski definition) is 7. The molecule has 246 valence electrons. The van der Waals surface area contributed by atoms with E-state index in [4.69, 9.17) is 25.9 Å². The topological polar surface area (TPSA) is 143 Å². The summed E-state index contributed by atoms with van der Waals surface area (Å²) in [4.78, 5) is 28.4. The molecule has 8 rings (SSSR count). The maximum absolute atomic E-state index is 10.7. The number of nitrogens with zero attached hydrogens (tertiary/aromatic N) is 8. The minimum atomic E-state index is -0.963. The molecule has 8 aromatic rings. The summed E-state index contributed by atoms with van der Waals surface area (Å²) in [5.41, 5.74) is 7.95. The number of benzene rings is 2. The van der Waals surface area contributed by atoms with Crippen LogP contribution in [0, 0.1) is 0 Å². The van der Waals surface area contributed by atoms with Gasteiger partial charge in [0.25, 0.3) is 0 Å². The third kappa shape index (κ3) is 7.63. The van der Waals surface area contributed by atoms with E-state index in [2.05, 4.69) is 118 Å². The molecule has 0 atom stereocenters. The van der Waals surface area contributed by atoms with Crippen molar-refractivity contribution in [2.24, 2.45) is 14.1 Å². The monoisotopic (exact) mass is 780 g/mol. The van der Waals surface area contributed by atoms with Gasteiger partial charge in [-0.3, -0.25) is 19.9 Å². The number of isothiocyanates is 2. The Balaban J connectivity index is 0.000000216. The summed E-state index contributed by atoms with van der Waals surface area (Å²) < 4.78 is 4.42. The molecule has 0 saturated heterocycles. The Morgan fingerprint density at radius 3 is 1.86 bits per heavy atom. The molecule has 0 aliphatic rings. The number of aryl methyl sites for hydroxylation is 2. The number of aromatic nitrogens is 6. The molecule has 0 unspecified atom stereocenters. The predicted molar refractivity (Wildman–Crippen MR) is 202 cm³/mol. The zero-order valence-electron chi connectivity index (χ0n) is 26.6. The average molecular weight is 780 g/mol. The molecule has 0 aliphatic carbocycles. The first kappa shape index (κ1) is 37.2. The molecule has 0 saturated carbocycles. The molecule has 10 nitrogen and oxygen atoms in total. The number of carbonyl (C=O) groups is 1. The Kier molecular flexibility index (Phi) is 12.7. The Morgan fingerprint density at radius 2 is 1.22 bits per heavy atom. The van der Waals surface area contributed by atoms with E-state index in [1.54, 1.807) is 18.3 Å². The van der Waals surface area contributed by atoms with Crippen LogP contribution in [-0.2, 0) is 33.6 Å². The van der Waals surface area contributed by atoms with E-state index in [9.17, 15) is 4.79 Å². The van der Waals surface area contributed by atoms with Crippen LogP contribution in [0.4, 0.5) is 0 Å². The summed E-state index contributed by atoms with van der Waals surface area (Å²) >= 11 is 7.40. The summed E-state index contributed by atoms with van der Waals surface area (Å²) in [5, 5.41) is 30.7. The maximum Gasteiger partial charge on any atom is 2.00 e. The molecule has 50 heavy (non-hydrogen) atoms. The maximum atomic E-state index is 10.7. The first-order valence-electron chi connectivity index (χ1n) is 14.6. The van der Waals surface area contributed by atoms with Gasteiger partial charge in [-0.05, 0) is 48.5 Å². The number of pyridine rings is 4. The van der Waals surface area contributed by atoms with Crippen LogP contribution in [0.5, 0.6) is 0 Å². The molecule has 1 N–H and O–H groups in total. The van der Waals surface area contributed by atoms with Gasteiger partial charge in [-0.1, -0.05) is 66.9 Å². The minimum absolute atomic E-state index is 0. The number of carboxylic acids is 1. The number of rotatable bonds is 3. The van der Waals surface area contributed by atoms with Gasteiger partial charge in [-0.15, -0.1) is 0 Å². The van der Waals surface area contributed by atoms with Crippen LogP contribution >= 0.6 is 24.4 Å². The second kappa shape index (κ2) is 17.1. The van der Waals surface area contributed by atoms with Crippen molar-refractivity contribution in [3.8, 4) is 22.8 Å². The van der Waals surface area contributed by atoms with Gasteiger partial charge in [0.15, 0.2) is 0 Å². The van der Waals surface area contributed by atoms with Crippen molar-refractivity contribution in [3.63, 3.8) is 0 Å². The van der Waals surface area contributed by atoms with E-state index >= 15 is 0 Å². The van der Waals surface area contributed by atoms with E-state index in [-0.39, 0.29) is 25.0 Å². The largest absolute Gasteiger partial charge is 2.00 e. The van der Waals surface area contributed by atoms with Crippen molar-refractivity contribution in [3.05, 3.63) is 132 Å². The van der Waals surface area contributed by atoms with Crippen LogP contribution in [0.2, 0.25) is 0 Å². The number of hydrogen-bond donors (Lipinski definition) is 1. The zero-order valence-corrected chi connectivity index (χ0v) is 29.9. The Morgan fingerprint density at radius 1 is 0.640 bits per heavy atom. The molecule has 0 bridgehead atoms. The zero-order chi connectivity index (χ0) is 34.9. The SMILES string of the molecule is Cn1c2ccccc2c2cc(-c3nccc4c5ccccc5n(C)c34)ncc21.O=C(O)c1ccnc(-c2ccccn2)c1.[N-]=C=S.[N-]=C=S.[Ru+2]. The van der Waals surface area contributed by atoms with Crippen molar-refractivity contribution in [2.45, 2.75) is 0 Å². The molecular formula is C37H26N8O2RuS2. The molecule has 6 heterocycles. The number of fused-ring (bicyclic) bond motifs is 6. The van der Waals surface area contributed by atoms with Crippen molar-refractivity contribution >= 4 is 84.3 Å². The van der Waals surface area contributed by atoms with Gasteiger partial charge in [0.1, 0.15) is 5.69 Å². The van der Waals surface area contributed by atoms with Crippen LogP contribution in [0.15, 0.2) is 116 Å². The molecule has 6 aromatic heterocycles. The second-order valence-electron chi connectivity index (χ2n) is 10.4. The molecule has 0 fully saturated rings. The summed E-state index contributed by atoms with van der Waals surface area (Å²) in [6.45, 7) is 0. The summed E-state index contributed by atoms with van der Waals surface area (Å²) in [6.07, 6.45) is 6.96. The first-order chi connectivity index (χ1) is 23.8. The number of carboxylic acid groups (broad SMARTS) is 1. The smallest absolute Gasteiger partial charge is 0.753 e. The van der Waals surface area contributed by atoms with E-state index in [0.29, 0.717) is 11.4 Å². The van der Waals surface area contributed by atoms with Crippen LogP contribution in [-0.4, -0.2) is 50.5 Å². The average Bonchev–Trinajstić information content (AvgIpc) is 3.60. The predicted octanol–water partition coefficient (Wildman–Crippen LogP) is 8.59. The fourth-order valence-corrected chi connectivity index (χ4v) is 5.71. The fraction of sp³-hybridized carbons (Fsp3) is 0.0541. The van der Waals surface area contributed by atoms with Crippen molar-refractivity contribution in [1.29, 1.82) is 0 Å². The van der Waals surface area contributed by atoms with Gasteiger partial charge in [-0.2, -0.15) is 10.3 Å². The molecular weight excluding hydrogens is 754 g/mol. The van der Waals surface area contributed by atoms with Crippen LogP contribution < -0.4 is 0 Å². The van der Waals surface area contributed by atoms with Gasteiger partial charge in [0.2, 0.25) is 0 Å². The fourth-order valence-electron chi connectivity index (χ4n) is 5.71. The van der Waals surface area contributed by atoms with Crippen LogP contribution in [0.3, 0.4) is 0 Å². The second-order valence-corrected chi connectivity index (χ2v) is 10.8. The van der Waals surface area contributed by atoms with Gasteiger partial charge in [-0.25, -0.2) is 4.79 Å². The third-order valence-corrected chi connectivity index (χ3v) is 7.79. The van der Waals surface area contributed by atoms with Crippen molar-refractivity contribution in [1.82, 2.24) is 29.1 Å². The van der Waals surface area contributed by atoms with E-state index < -0.39 is 5.97 Å². The van der Waals surface area contributed by atoms with Gasteiger partial charge >= 0.3 is 25.4 Å². The quantitative estimate of drug-likeness (QED) is 0.107. The normalized spacial score (nSPS) is 9.96.